The summed E-state index contributed by atoms with van der Waals surface area (Å²) in [6, 6.07) is 115. The minimum absolute atomic E-state index is 0.147. The van der Waals surface area contributed by atoms with Crippen LogP contribution in [0.4, 0.5) is 51.2 Å². The van der Waals surface area contributed by atoms with Gasteiger partial charge >= 0.3 is 0 Å². The minimum atomic E-state index is -0.259. The Kier molecular flexibility index (Phi) is 13.4. The van der Waals surface area contributed by atoms with Gasteiger partial charge in [-0.05, 0) is 163 Å². The van der Waals surface area contributed by atoms with Crippen molar-refractivity contribution in [2.24, 2.45) is 0 Å². The van der Waals surface area contributed by atoms with Gasteiger partial charge in [-0.25, -0.2) is 0 Å². The summed E-state index contributed by atoms with van der Waals surface area (Å²) in [5, 5.41) is 2.39. The number of nitrogens with zero attached hydrogens (tertiary/aromatic N) is 4. The Morgan fingerprint density at radius 3 is 1.34 bits per heavy atom. The Morgan fingerprint density at radius 2 is 0.758 bits per heavy atom. The molecule has 0 bridgehead atoms. The van der Waals surface area contributed by atoms with Crippen LogP contribution in [0.3, 0.4) is 0 Å². The third-order valence-electron chi connectivity index (χ3n) is 18.8. The number of hydrogen-bond donors (Lipinski definition) is 0. The summed E-state index contributed by atoms with van der Waals surface area (Å²) >= 11 is 0. The second-order valence-electron chi connectivity index (χ2n) is 26.5. The Balaban J connectivity index is 1.01. The molecule has 0 saturated carbocycles. The SMILES string of the molecule is CC(C)(C)c1cc(-c2ccccc2)c(N2c3cc(-c4ccccc4)ccc3B3c4ccc(-n5c6ccccc6c6cc(N(c7ccccc7)c7ccccc7)ccc65)cc4N(c4ccccc4-c4ccccc4)c4cc(C(C)(C)C)cc2c43)c(-c2ccccc2)c1. The molecule has 0 unspecified atom stereocenters. The molecule has 3 heterocycles. The van der Waals surface area contributed by atoms with E-state index in [-0.39, 0.29) is 17.5 Å². The molecule has 2 aliphatic rings. The summed E-state index contributed by atoms with van der Waals surface area (Å²) in [5.74, 6) is 0. The fourth-order valence-corrected chi connectivity index (χ4v) is 14.4. The second kappa shape index (κ2) is 22.0. The van der Waals surface area contributed by atoms with Crippen molar-refractivity contribution >= 4 is 96.1 Å². The lowest BCUT2D eigenvalue weighted by Gasteiger charge is -2.46. The van der Waals surface area contributed by atoms with Gasteiger partial charge in [0.15, 0.2) is 0 Å². The lowest BCUT2D eigenvalue weighted by atomic mass is 9.33. The van der Waals surface area contributed by atoms with Gasteiger partial charge < -0.3 is 19.3 Å². The third-order valence-corrected chi connectivity index (χ3v) is 18.8. The number of benzene rings is 13. The van der Waals surface area contributed by atoms with E-state index >= 15 is 0 Å². The molecule has 0 saturated heterocycles. The number of para-hydroxylation sites is 4. The first-order valence-electron chi connectivity index (χ1n) is 31.9. The zero-order chi connectivity index (χ0) is 61.5. The largest absolute Gasteiger partial charge is 0.311 e. The molecule has 2 aliphatic heterocycles. The highest BCUT2D eigenvalue weighted by Crippen LogP contribution is 2.54. The highest BCUT2D eigenvalue weighted by molar-refractivity contribution is 7.00. The van der Waals surface area contributed by atoms with Crippen molar-refractivity contribution < 1.29 is 0 Å². The van der Waals surface area contributed by atoms with Crippen LogP contribution in [-0.2, 0) is 10.8 Å². The van der Waals surface area contributed by atoms with Crippen molar-refractivity contribution in [1.29, 1.82) is 0 Å². The first-order valence-corrected chi connectivity index (χ1v) is 31.9. The molecule has 0 amide bonds. The Hall–Kier alpha value is -10.9. The van der Waals surface area contributed by atoms with Gasteiger partial charge in [-0.2, -0.15) is 0 Å². The molecular weight excluding hydrogens is 1100 g/mol. The van der Waals surface area contributed by atoms with Gasteiger partial charge in [-0.3, -0.25) is 0 Å². The van der Waals surface area contributed by atoms with Gasteiger partial charge in [-0.15, -0.1) is 0 Å². The van der Waals surface area contributed by atoms with E-state index in [2.05, 4.69) is 370 Å². The maximum absolute atomic E-state index is 2.69. The van der Waals surface area contributed by atoms with Crippen LogP contribution in [0.2, 0.25) is 0 Å². The van der Waals surface area contributed by atoms with Crippen LogP contribution in [0.5, 0.6) is 0 Å². The zero-order valence-electron chi connectivity index (χ0n) is 52.3. The summed E-state index contributed by atoms with van der Waals surface area (Å²) in [6.45, 7) is 14.0. The lowest BCUT2D eigenvalue weighted by Crippen LogP contribution is -2.61. The molecule has 4 nitrogen and oxygen atoms in total. The van der Waals surface area contributed by atoms with Crippen molar-refractivity contribution in [2.75, 3.05) is 14.7 Å². The van der Waals surface area contributed by atoms with Crippen molar-refractivity contribution in [3.05, 3.63) is 321 Å². The van der Waals surface area contributed by atoms with Gasteiger partial charge in [0, 0.05) is 73.0 Å². The minimum Gasteiger partial charge on any atom is -0.311 e. The predicted octanol–water partition coefficient (Wildman–Crippen LogP) is 21.6. The van der Waals surface area contributed by atoms with Crippen molar-refractivity contribution in [3.63, 3.8) is 0 Å². The molecule has 0 N–H and O–H groups in total. The van der Waals surface area contributed by atoms with Crippen molar-refractivity contribution in [2.45, 2.75) is 52.4 Å². The second-order valence-corrected chi connectivity index (χ2v) is 26.5. The zero-order valence-corrected chi connectivity index (χ0v) is 52.3. The maximum Gasteiger partial charge on any atom is 0.252 e. The molecule has 0 aliphatic carbocycles. The summed E-state index contributed by atoms with van der Waals surface area (Å²) in [6.07, 6.45) is 0. The number of anilines is 9. The monoisotopic (exact) mass is 1170 g/mol. The van der Waals surface area contributed by atoms with E-state index in [1.54, 1.807) is 0 Å². The lowest BCUT2D eigenvalue weighted by molar-refractivity contribution is 0.590. The van der Waals surface area contributed by atoms with E-state index in [1.165, 1.54) is 88.7 Å². The first-order chi connectivity index (χ1) is 44.4. The predicted molar refractivity (Wildman–Crippen MR) is 389 cm³/mol. The quantitative estimate of drug-likeness (QED) is 0.127. The maximum atomic E-state index is 2.69. The van der Waals surface area contributed by atoms with Crippen LogP contribution in [0.1, 0.15) is 52.7 Å². The molecule has 1 aromatic heterocycles. The van der Waals surface area contributed by atoms with Gasteiger partial charge in [0.2, 0.25) is 0 Å². The Morgan fingerprint density at radius 1 is 0.297 bits per heavy atom. The first kappa shape index (κ1) is 55.4. The number of fused-ring (bicyclic) bond motifs is 7. The van der Waals surface area contributed by atoms with E-state index in [1.807, 2.05) is 0 Å². The van der Waals surface area contributed by atoms with E-state index in [0.717, 1.165) is 62.0 Å². The summed E-state index contributed by atoms with van der Waals surface area (Å²) in [4.78, 5) is 7.69. The standard InChI is InChI=1S/C86H69BN4/c1-85(2,3)63-52-71(60-33-17-9-18-34-60)84(72(53-63)61-35-19-10-20-36-61)91-79-51-62(58-29-13-7-14-30-58)45-48-74(79)87-75-49-46-68(57-80(75)90(81-54-64(86(4,5)6)55-82(91)83(81)87)76-43-27-25-41-69(76)59-31-15-8-16-32-59)89-77-44-28-26-42-70(77)73-56-67(47-50-78(73)89)88(65-37-21-11-22-38-65)66-39-23-12-24-40-66/h7-57H,1-6H3. The molecule has 0 spiro atoms. The molecule has 436 valence electrons. The van der Waals surface area contributed by atoms with Gasteiger partial charge in [-0.1, -0.05) is 254 Å². The van der Waals surface area contributed by atoms with Crippen LogP contribution in [-0.4, -0.2) is 11.3 Å². The summed E-state index contributed by atoms with van der Waals surface area (Å²) < 4.78 is 2.50. The van der Waals surface area contributed by atoms with Crippen LogP contribution < -0.4 is 31.1 Å². The van der Waals surface area contributed by atoms with Crippen molar-refractivity contribution in [1.82, 2.24) is 4.57 Å². The highest BCUT2D eigenvalue weighted by atomic mass is 15.2. The normalized spacial score (nSPS) is 12.7. The molecule has 14 aromatic rings. The molecule has 0 atom stereocenters. The van der Waals surface area contributed by atoms with E-state index in [9.17, 15) is 0 Å². The molecule has 5 heteroatoms. The fourth-order valence-electron chi connectivity index (χ4n) is 14.4. The molecule has 16 rings (SSSR count). The van der Waals surface area contributed by atoms with Crippen LogP contribution in [0.15, 0.2) is 309 Å². The van der Waals surface area contributed by atoms with Gasteiger partial charge in [0.05, 0.1) is 22.4 Å². The van der Waals surface area contributed by atoms with E-state index in [4.69, 9.17) is 0 Å². The molecule has 13 aromatic carbocycles. The van der Waals surface area contributed by atoms with Gasteiger partial charge in [0.1, 0.15) is 0 Å². The number of rotatable bonds is 10. The summed E-state index contributed by atoms with van der Waals surface area (Å²) in [7, 11) is 0. The van der Waals surface area contributed by atoms with Crippen LogP contribution >= 0.6 is 0 Å². The molecule has 0 fully saturated rings. The fraction of sp³-hybridized carbons (Fsp3) is 0.0930. The van der Waals surface area contributed by atoms with Crippen molar-refractivity contribution in [3.8, 4) is 50.2 Å². The Labute approximate surface area is 535 Å². The molecule has 91 heavy (non-hydrogen) atoms. The van der Waals surface area contributed by atoms with Crippen LogP contribution in [0, 0.1) is 0 Å². The molecular formula is C86H69BN4. The topological polar surface area (TPSA) is 14.7 Å². The number of aromatic nitrogens is 1. The van der Waals surface area contributed by atoms with Gasteiger partial charge in [0.25, 0.3) is 6.71 Å². The summed E-state index contributed by atoms with van der Waals surface area (Å²) in [5.41, 5.74) is 28.9. The van der Waals surface area contributed by atoms with Crippen LogP contribution in [0.25, 0.3) is 72.0 Å². The average Bonchev–Trinajstić information content (AvgIpc) is 1.02. The van der Waals surface area contributed by atoms with E-state index in [0.29, 0.717) is 0 Å². The Bertz CT molecular complexity index is 4970. The highest BCUT2D eigenvalue weighted by Gasteiger charge is 2.46. The number of hydrogen-bond acceptors (Lipinski definition) is 3. The third kappa shape index (κ3) is 9.54. The smallest absolute Gasteiger partial charge is 0.252 e. The van der Waals surface area contributed by atoms with E-state index < -0.39 is 0 Å². The average molecular weight is 1170 g/mol. The molecule has 0 radical (unpaired) electrons.